The van der Waals surface area contributed by atoms with Crippen molar-refractivity contribution in [2.75, 3.05) is 42.8 Å². The Bertz CT molecular complexity index is 993. The van der Waals surface area contributed by atoms with Gasteiger partial charge in [0.2, 0.25) is 0 Å². The van der Waals surface area contributed by atoms with Crippen molar-refractivity contribution in [3.8, 4) is 0 Å². The molecule has 0 amide bonds. The summed E-state index contributed by atoms with van der Waals surface area (Å²) in [5, 5.41) is 4.67. The number of fused-ring (bicyclic) bond motifs is 2. The van der Waals surface area contributed by atoms with Gasteiger partial charge in [0.15, 0.2) is 13.5 Å². The molecule has 3 heterocycles. The molecule has 1 aromatic heterocycles. The zero-order valence-electron chi connectivity index (χ0n) is 21.2. The lowest BCUT2D eigenvalue weighted by Gasteiger charge is -2.44. The summed E-state index contributed by atoms with van der Waals surface area (Å²) in [6, 6.07) is 7.05. The van der Waals surface area contributed by atoms with Crippen molar-refractivity contribution in [2.45, 2.75) is 70.0 Å². The number of hydrogen-bond acceptors (Lipinski definition) is 7. The molecular weight excluding hydrogens is 446 g/mol. The van der Waals surface area contributed by atoms with E-state index in [-0.39, 0.29) is 5.04 Å². The molecule has 0 unspecified atom stereocenters. The molecule has 0 saturated heterocycles. The molecule has 33 heavy (non-hydrogen) atoms. The van der Waals surface area contributed by atoms with Gasteiger partial charge in [-0.1, -0.05) is 50.7 Å². The normalized spacial score (nSPS) is 19.1. The van der Waals surface area contributed by atoms with Crippen LogP contribution in [-0.4, -0.2) is 55.8 Å². The molecule has 0 saturated carbocycles. The van der Waals surface area contributed by atoms with Crippen molar-refractivity contribution >= 4 is 31.6 Å². The van der Waals surface area contributed by atoms with Gasteiger partial charge in [-0.05, 0) is 48.9 Å². The fourth-order valence-corrected chi connectivity index (χ4v) is 5.88. The molecule has 180 valence electrons. The van der Waals surface area contributed by atoms with Crippen LogP contribution in [-0.2, 0) is 11.0 Å². The molecule has 0 aliphatic carbocycles. The van der Waals surface area contributed by atoms with Crippen molar-refractivity contribution in [2.24, 2.45) is 0 Å². The molecule has 8 heteroatoms. The zero-order chi connectivity index (χ0) is 23.8. The zero-order valence-corrected chi connectivity index (χ0v) is 23.1. The lowest BCUT2D eigenvalue weighted by Crippen LogP contribution is -2.48. The summed E-state index contributed by atoms with van der Waals surface area (Å²) < 4.78 is 6.54. The molecule has 0 spiro atoms. The molecular formula is C25H39N5OSSi. The molecule has 2 aromatic rings. The number of rotatable bonds is 6. The van der Waals surface area contributed by atoms with Crippen LogP contribution in [0.1, 0.15) is 49.9 Å². The van der Waals surface area contributed by atoms with Crippen molar-refractivity contribution in [3.63, 3.8) is 0 Å². The summed E-state index contributed by atoms with van der Waals surface area (Å²) in [6.45, 7) is 18.0. The van der Waals surface area contributed by atoms with Crippen LogP contribution < -0.4 is 10.2 Å². The summed E-state index contributed by atoms with van der Waals surface area (Å²) in [5.74, 6) is 1.07. The fraction of sp³-hybridized carbons (Fsp3) is 0.600. The first-order chi connectivity index (χ1) is 15.6. The van der Waals surface area contributed by atoms with Gasteiger partial charge in [-0.2, -0.15) is 0 Å². The van der Waals surface area contributed by atoms with E-state index in [1.54, 1.807) is 11.8 Å². The Morgan fingerprint density at radius 2 is 2.06 bits per heavy atom. The summed E-state index contributed by atoms with van der Waals surface area (Å²) in [7, 11) is -1.79. The van der Waals surface area contributed by atoms with Crippen LogP contribution in [0.15, 0.2) is 29.6 Å². The van der Waals surface area contributed by atoms with E-state index in [0.29, 0.717) is 6.04 Å². The highest BCUT2D eigenvalue weighted by Crippen LogP contribution is 2.40. The molecule has 1 aromatic carbocycles. The van der Waals surface area contributed by atoms with Crippen LogP contribution in [0.3, 0.4) is 0 Å². The Hall–Kier alpha value is -1.61. The molecule has 0 fully saturated rings. The number of benzene rings is 1. The second-order valence-corrected chi connectivity index (χ2v) is 16.3. The maximum Gasteiger partial charge on any atom is 0.192 e. The lowest BCUT2D eigenvalue weighted by molar-refractivity contribution is 0.164. The average molecular weight is 486 g/mol. The largest absolute Gasteiger partial charge is 0.415 e. The number of nitrogens with one attached hydrogen (secondary N) is 1. The molecule has 1 N–H and O–H groups in total. The maximum atomic E-state index is 6.54. The Labute approximate surface area is 204 Å². The highest BCUT2D eigenvalue weighted by Gasteiger charge is 2.38. The van der Waals surface area contributed by atoms with Crippen LogP contribution in [0, 0.1) is 6.92 Å². The van der Waals surface area contributed by atoms with Gasteiger partial charge in [-0.25, -0.2) is 9.97 Å². The summed E-state index contributed by atoms with van der Waals surface area (Å²) in [5.41, 5.74) is 5.24. The minimum Gasteiger partial charge on any atom is -0.415 e. The van der Waals surface area contributed by atoms with Gasteiger partial charge in [0.25, 0.3) is 0 Å². The van der Waals surface area contributed by atoms with Crippen LogP contribution >= 0.6 is 11.8 Å². The molecule has 4 rings (SSSR count). The minimum atomic E-state index is -1.79. The van der Waals surface area contributed by atoms with Gasteiger partial charge >= 0.3 is 0 Å². The van der Waals surface area contributed by atoms with E-state index in [4.69, 9.17) is 9.41 Å². The first-order valence-electron chi connectivity index (χ1n) is 12.0. The third-order valence-electron chi connectivity index (χ3n) is 7.48. The average Bonchev–Trinajstić information content (AvgIpc) is 2.77. The minimum absolute atomic E-state index is 0.212. The second kappa shape index (κ2) is 9.56. The van der Waals surface area contributed by atoms with E-state index in [1.165, 1.54) is 22.4 Å². The third-order valence-corrected chi connectivity index (χ3v) is 12.6. The number of aryl methyl sites for hydroxylation is 1. The molecule has 2 aliphatic rings. The standard InChI is InChI=1S/C25H39N5OSSi/c1-18-9-8-10-20-21(11-12-26-22(18)20)30-16-19-15-27-24(32-5)28-23(19)29(17-30)13-14-31-33(6,7)25(2,3)4/h8-10,15,21,26H,11-14,16-17H2,1-7H3/t21-/m0/s1. The van der Waals surface area contributed by atoms with Crippen LogP contribution in [0.2, 0.25) is 18.1 Å². The third kappa shape index (κ3) is 5.09. The Kier molecular flexibility index (Phi) is 7.10. The van der Waals surface area contributed by atoms with Gasteiger partial charge in [-0.3, -0.25) is 4.90 Å². The van der Waals surface area contributed by atoms with Gasteiger partial charge in [0, 0.05) is 43.1 Å². The molecule has 0 bridgehead atoms. The smallest absolute Gasteiger partial charge is 0.192 e. The summed E-state index contributed by atoms with van der Waals surface area (Å²) >= 11 is 1.60. The van der Waals surface area contributed by atoms with E-state index in [2.05, 4.69) is 79.1 Å². The van der Waals surface area contributed by atoms with E-state index in [1.807, 2.05) is 12.5 Å². The van der Waals surface area contributed by atoms with E-state index in [9.17, 15) is 0 Å². The number of nitrogens with zero attached hydrogens (tertiary/aromatic N) is 4. The Morgan fingerprint density at radius 3 is 2.79 bits per heavy atom. The highest BCUT2D eigenvalue weighted by molar-refractivity contribution is 7.98. The highest BCUT2D eigenvalue weighted by atomic mass is 32.2. The maximum absolute atomic E-state index is 6.54. The summed E-state index contributed by atoms with van der Waals surface area (Å²) in [4.78, 5) is 14.5. The van der Waals surface area contributed by atoms with Crippen LogP contribution in [0.4, 0.5) is 11.5 Å². The predicted octanol–water partition coefficient (Wildman–Crippen LogP) is 5.67. The monoisotopic (exact) mass is 485 g/mol. The van der Waals surface area contributed by atoms with Crippen molar-refractivity contribution in [1.82, 2.24) is 14.9 Å². The molecule has 1 atom stereocenters. The lowest BCUT2D eigenvalue weighted by atomic mass is 9.93. The predicted molar refractivity (Wildman–Crippen MR) is 142 cm³/mol. The quantitative estimate of drug-likeness (QED) is 0.322. The number of anilines is 2. The van der Waals surface area contributed by atoms with Crippen molar-refractivity contribution in [1.29, 1.82) is 0 Å². The van der Waals surface area contributed by atoms with Gasteiger partial charge in [0.05, 0.1) is 13.3 Å². The van der Waals surface area contributed by atoms with E-state index in [0.717, 1.165) is 50.3 Å². The molecule has 2 aliphatic heterocycles. The Morgan fingerprint density at radius 1 is 1.27 bits per heavy atom. The number of aromatic nitrogens is 2. The van der Waals surface area contributed by atoms with E-state index < -0.39 is 8.32 Å². The van der Waals surface area contributed by atoms with Crippen molar-refractivity contribution < 1.29 is 4.43 Å². The van der Waals surface area contributed by atoms with Gasteiger partial charge in [0.1, 0.15) is 5.82 Å². The van der Waals surface area contributed by atoms with E-state index >= 15 is 0 Å². The number of thioether (sulfide) groups is 1. The first kappa shape index (κ1) is 24.5. The topological polar surface area (TPSA) is 53.5 Å². The fourth-order valence-electron chi connectivity index (χ4n) is 4.51. The molecule has 0 radical (unpaired) electrons. The van der Waals surface area contributed by atoms with Crippen LogP contribution in [0.5, 0.6) is 0 Å². The van der Waals surface area contributed by atoms with Crippen LogP contribution in [0.25, 0.3) is 0 Å². The first-order valence-corrected chi connectivity index (χ1v) is 16.1. The van der Waals surface area contributed by atoms with Gasteiger partial charge in [-0.15, -0.1) is 0 Å². The number of para-hydroxylation sites is 1. The Balaban J connectivity index is 1.58. The second-order valence-electron chi connectivity index (χ2n) is 10.7. The molecule has 6 nitrogen and oxygen atoms in total. The summed E-state index contributed by atoms with van der Waals surface area (Å²) in [6.07, 6.45) is 5.17. The van der Waals surface area contributed by atoms with Crippen molar-refractivity contribution in [3.05, 3.63) is 41.1 Å². The van der Waals surface area contributed by atoms with Gasteiger partial charge < -0.3 is 14.6 Å². The number of hydrogen-bond donors (Lipinski definition) is 1. The SMILES string of the molecule is CSc1ncc2c(n1)N(CCO[Si](C)(C)C(C)(C)C)CN([C@H]1CCNc3c(C)cccc31)C2.